The van der Waals surface area contributed by atoms with Crippen molar-refractivity contribution in [1.29, 1.82) is 0 Å². The first-order valence-electron chi connectivity index (χ1n) is 11.3. The lowest BCUT2D eigenvalue weighted by Gasteiger charge is -2.33. The zero-order valence-corrected chi connectivity index (χ0v) is 18.4. The smallest absolute Gasteiger partial charge is 0.245 e. The molecule has 0 aromatic rings. The summed E-state index contributed by atoms with van der Waals surface area (Å²) in [5.41, 5.74) is -1.75. The standard InChI is InChI=1S/C21H34N4O6/c1-3-20-4-5-21(31-20)15(14(20)17(27)22-2)19(29)25(8-11-26)16(21)18(28)23-6-7-24-9-12-30-13-10-24/h14-16,26H,3-13H2,1-2H3,(H,22,27)(H,23,28)/t14-,15+,16?,20+,21?/m1/s1. The first-order chi connectivity index (χ1) is 14.9. The van der Waals surface area contributed by atoms with Crippen LogP contribution in [0.5, 0.6) is 0 Å². The number of hydrogen-bond donors (Lipinski definition) is 3. The Balaban J connectivity index is 1.56. The Morgan fingerprint density at radius 3 is 2.58 bits per heavy atom. The van der Waals surface area contributed by atoms with E-state index in [1.807, 2.05) is 6.92 Å². The third-order valence-electron chi connectivity index (χ3n) is 7.63. The molecule has 31 heavy (non-hydrogen) atoms. The summed E-state index contributed by atoms with van der Waals surface area (Å²) in [7, 11) is 1.56. The molecule has 4 fully saturated rings. The quantitative estimate of drug-likeness (QED) is 0.414. The van der Waals surface area contributed by atoms with Gasteiger partial charge in [-0.05, 0) is 19.3 Å². The topological polar surface area (TPSA) is 120 Å². The Bertz CT molecular complexity index is 729. The minimum Gasteiger partial charge on any atom is -0.395 e. The molecule has 4 aliphatic heterocycles. The van der Waals surface area contributed by atoms with Gasteiger partial charge in [-0.3, -0.25) is 19.3 Å². The molecule has 2 bridgehead atoms. The number of carbonyl (C=O) groups excluding carboxylic acids is 3. The highest BCUT2D eigenvalue weighted by Crippen LogP contribution is 2.64. The van der Waals surface area contributed by atoms with Crippen molar-refractivity contribution in [2.45, 2.75) is 43.4 Å². The molecule has 0 radical (unpaired) electrons. The van der Waals surface area contributed by atoms with Crippen molar-refractivity contribution in [2.24, 2.45) is 11.8 Å². The minimum atomic E-state index is -1.03. The fraction of sp³-hybridized carbons (Fsp3) is 0.857. The van der Waals surface area contributed by atoms with Crippen LogP contribution in [-0.2, 0) is 23.9 Å². The molecule has 0 aromatic carbocycles. The molecule has 0 saturated carbocycles. The van der Waals surface area contributed by atoms with E-state index < -0.39 is 29.1 Å². The first-order valence-corrected chi connectivity index (χ1v) is 11.3. The molecule has 3 N–H and O–H groups in total. The van der Waals surface area contributed by atoms with Gasteiger partial charge in [-0.1, -0.05) is 6.92 Å². The second-order valence-corrected chi connectivity index (χ2v) is 8.95. The number of nitrogens with zero attached hydrogens (tertiary/aromatic N) is 2. The SMILES string of the molecule is CC[C@@]12CCC3(O1)C(C(=O)NCCN1CCOCC1)N(CCO)C(=O)[C@@H]3[C@@H]2C(=O)NC. The van der Waals surface area contributed by atoms with Crippen LogP contribution in [0.3, 0.4) is 0 Å². The van der Waals surface area contributed by atoms with Crippen molar-refractivity contribution in [3.63, 3.8) is 0 Å². The number of ether oxygens (including phenoxy) is 2. The average molecular weight is 439 g/mol. The molecule has 1 spiro atoms. The number of hydrogen-bond acceptors (Lipinski definition) is 7. The first kappa shape index (κ1) is 22.4. The molecular weight excluding hydrogens is 404 g/mol. The second-order valence-electron chi connectivity index (χ2n) is 8.95. The van der Waals surface area contributed by atoms with E-state index in [2.05, 4.69) is 15.5 Å². The Hall–Kier alpha value is -1.75. The lowest BCUT2D eigenvalue weighted by molar-refractivity contribution is -0.148. The van der Waals surface area contributed by atoms with Gasteiger partial charge in [0.25, 0.3) is 0 Å². The number of nitrogens with one attached hydrogen (secondary N) is 2. The van der Waals surface area contributed by atoms with Gasteiger partial charge in [-0.25, -0.2) is 0 Å². The maximum absolute atomic E-state index is 13.4. The number of likely N-dealkylation sites (tertiary alicyclic amines) is 1. The van der Waals surface area contributed by atoms with Crippen LogP contribution in [-0.4, -0.2) is 109 Å². The number of rotatable bonds is 8. The van der Waals surface area contributed by atoms with Crippen LogP contribution in [0.1, 0.15) is 26.2 Å². The number of aliphatic hydroxyl groups excluding tert-OH is 1. The van der Waals surface area contributed by atoms with Gasteiger partial charge in [-0.15, -0.1) is 0 Å². The van der Waals surface area contributed by atoms with Crippen molar-refractivity contribution in [2.75, 3.05) is 59.6 Å². The fourth-order valence-corrected chi connectivity index (χ4v) is 6.18. The Morgan fingerprint density at radius 2 is 1.94 bits per heavy atom. The van der Waals surface area contributed by atoms with Crippen molar-refractivity contribution in [1.82, 2.24) is 20.4 Å². The highest BCUT2D eigenvalue weighted by molar-refractivity contribution is 5.99. The molecule has 4 rings (SSSR count). The van der Waals surface area contributed by atoms with Crippen molar-refractivity contribution >= 4 is 17.7 Å². The van der Waals surface area contributed by atoms with E-state index in [0.29, 0.717) is 45.6 Å². The van der Waals surface area contributed by atoms with Crippen LogP contribution in [0.4, 0.5) is 0 Å². The Morgan fingerprint density at radius 1 is 1.19 bits per heavy atom. The third kappa shape index (κ3) is 3.44. The van der Waals surface area contributed by atoms with Crippen molar-refractivity contribution in [3.8, 4) is 0 Å². The molecule has 4 saturated heterocycles. The Kier molecular flexibility index (Phi) is 6.26. The molecule has 4 aliphatic rings. The van der Waals surface area contributed by atoms with Crippen LogP contribution in [0.15, 0.2) is 0 Å². The molecular formula is C21H34N4O6. The lowest BCUT2D eigenvalue weighted by atomic mass is 9.65. The molecule has 3 amide bonds. The summed E-state index contributed by atoms with van der Waals surface area (Å²) >= 11 is 0. The van der Waals surface area contributed by atoms with Crippen molar-refractivity contribution in [3.05, 3.63) is 0 Å². The third-order valence-corrected chi connectivity index (χ3v) is 7.63. The fourth-order valence-electron chi connectivity index (χ4n) is 6.18. The van der Waals surface area contributed by atoms with Gasteiger partial charge in [0.05, 0.1) is 37.3 Å². The number of fused-ring (bicyclic) bond motifs is 1. The lowest BCUT2D eigenvalue weighted by Crippen LogP contribution is -2.56. The van der Waals surface area contributed by atoms with Crippen molar-refractivity contribution < 1.29 is 29.0 Å². The van der Waals surface area contributed by atoms with Gasteiger partial charge >= 0.3 is 0 Å². The summed E-state index contributed by atoms with van der Waals surface area (Å²) in [6.45, 7) is 5.94. The highest BCUT2D eigenvalue weighted by Gasteiger charge is 2.78. The van der Waals surface area contributed by atoms with Gasteiger partial charge in [-0.2, -0.15) is 0 Å². The minimum absolute atomic E-state index is 0.0432. The number of morpholine rings is 1. The van der Waals surface area contributed by atoms with Gasteiger partial charge in [0.15, 0.2) is 0 Å². The molecule has 4 heterocycles. The van der Waals surface area contributed by atoms with E-state index in [1.165, 1.54) is 4.90 Å². The average Bonchev–Trinajstić information content (AvgIpc) is 3.38. The molecule has 10 nitrogen and oxygen atoms in total. The van der Waals surface area contributed by atoms with Gasteiger partial charge in [0.1, 0.15) is 11.6 Å². The predicted molar refractivity (Wildman–Crippen MR) is 110 cm³/mol. The van der Waals surface area contributed by atoms with E-state index >= 15 is 0 Å². The zero-order valence-electron chi connectivity index (χ0n) is 18.4. The maximum Gasteiger partial charge on any atom is 0.245 e. The van der Waals surface area contributed by atoms with E-state index in [9.17, 15) is 19.5 Å². The van der Waals surface area contributed by atoms with E-state index in [4.69, 9.17) is 9.47 Å². The summed E-state index contributed by atoms with van der Waals surface area (Å²) in [4.78, 5) is 43.3. The van der Waals surface area contributed by atoms with Crippen LogP contribution >= 0.6 is 0 Å². The molecule has 174 valence electrons. The number of amides is 3. The van der Waals surface area contributed by atoms with Crippen LogP contribution < -0.4 is 10.6 Å². The largest absolute Gasteiger partial charge is 0.395 e. The number of aliphatic hydroxyl groups is 1. The maximum atomic E-state index is 13.4. The summed E-state index contributed by atoms with van der Waals surface area (Å²) in [6.07, 6.45) is 1.78. The van der Waals surface area contributed by atoms with Crippen LogP contribution in [0, 0.1) is 11.8 Å². The highest BCUT2D eigenvalue weighted by atomic mass is 16.5. The van der Waals surface area contributed by atoms with E-state index in [0.717, 1.165) is 13.1 Å². The molecule has 2 unspecified atom stereocenters. The molecule has 10 heteroatoms. The summed E-state index contributed by atoms with van der Waals surface area (Å²) in [6, 6.07) is -0.843. The van der Waals surface area contributed by atoms with Gasteiger partial charge < -0.3 is 30.1 Å². The van der Waals surface area contributed by atoms with E-state index in [1.54, 1.807) is 7.05 Å². The van der Waals surface area contributed by atoms with E-state index in [-0.39, 0.29) is 30.9 Å². The van der Waals surface area contributed by atoms with Crippen LogP contribution in [0.2, 0.25) is 0 Å². The van der Waals surface area contributed by atoms with Crippen LogP contribution in [0.25, 0.3) is 0 Å². The Labute approximate surface area is 182 Å². The molecule has 5 atom stereocenters. The summed E-state index contributed by atoms with van der Waals surface area (Å²) < 4.78 is 11.9. The number of carbonyl (C=O) groups is 3. The van der Waals surface area contributed by atoms with Gasteiger partial charge in [0, 0.05) is 39.8 Å². The normalized spacial score (nSPS) is 37.2. The predicted octanol–water partition coefficient (Wildman–Crippen LogP) is -1.67. The summed E-state index contributed by atoms with van der Waals surface area (Å²) in [5.74, 6) is -2.11. The second kappa shape index (κ2) is 8.65. The van der Waals surface area contributed by atoms with Gasteiger partial charge in [0.2, 0.25) is 17.7 Å². The molecule has 0 aromatic heterocycles. The number of β-amino-alcohol motifs (C(OH)–C–C–N with tert-alkyl or cyclic N) is 1. The zero-order chi connectivity index (χ0) is 22.2. The monoisotopic (exact) mass is 438 g/mol. The summed E-state index contributed by atoms with van der Waals surface area (Å²) in [5, 5.41) is 15.2. The molecule has 0 aliphatic carbocycles.